The molecule has 0 aliphatic heterocycles. The molecule has 0 radical (unpaired) electrons. The number of aryl methyl sites for hydroxylation is 1. The summed E-state index contributed by atoms with van der Waals surface area (Å²) in [4.78, 5) is 8.61. The van der Waals surface area contributed by atoms with Gasteiger partial charge in [-0.1, -0.05) is 19.8 Å². The number of rotatable bonds is 9. The van der Waals surface area contributed by atoms with Crippen molar-refractivity contribution in [3.63, 3.8) is 0 Å². The second-order valence-electron chi connectivity index (χ2n) is 4.60. The number of nitrogens with zero attached hydrogens (tertiary/aromatic N) is 2. The molecule has 0 saturated heterocycles. The summed E-state index contributed by atoms with van der Waals surface area (Å²) in [5.41, 5.74) is 0. The van der Waals surface area contributed by atoms with Gasteiger partial charge in [0, 0.05) is 6.04 Å². The van der Waals surface area contributed by atoms with Gasteiger partial charge in [0.05, 0.1) is 13.3 Å². The Labute approximate surface area is 133 Å². The average Bonchev–Trinajstić information content (AvgIpc) is 2.42. The van der Waals surface area contributed by atoms with Crippen LogP contribution in [-0.4, -0.2) is 35.1 Å². The van der Waals surface area contributed by atoms with Gasteiger partial charge in [-0.25, -0.2) is 9.97 Å². The lowest BCUT2D eigenvalue weighted by molar-refractivity contribution is 0.411. The number of hydrogen-bond donors (Lipinski definition) is 1. The van der Waals surface area contributed by atoms with E-state index in [1.165, 1.54) is 19.3 Å². The first-order chi connectivity index (χ1) is 9.21. The van der Waals surface area contributed by atoms with Crippen LogP contribution in [0.15, 0.2) is 6.20 Å². The molecule has 0 unspecified atom stereocenters. The Morgan fingerprint density at radius 1 is 1.40 bits per heavy atom. The molecule has 1 heterocycles. The molecule has 1 rings (SSSR count). The third-order valence-corrected chi connectivity index (χ3v) is 3.66. The molecule has 0 aromatic carbocycles. The van der Waals surface area contributed by atoms with Crippen LogP contribution in [0.25, 0.3) is 0 Å². The molecule has 116 valence electrons. The van der Waals surface area contributed by atoms with Crippen molar-refractivity contribution in [3.05, 3.63) is 12.0 Å². The minimum Gasteiger partial charge on any atom is -0.491 e. The van der Waals surface area contributed by atoms with Crippen LogP contribution in [0.4, 0.5) is 5.82 Å². The third-order valence-electron chi connectivity index (χ3n) is 3.01. The Kier molecular flexibility index (Phi) is 10.7. The number of methoxy groups -OCH3 is 1. The van der Waals surface area contributed by atoms with Gasteiger partial charge in [-0.05, 0) is 31.8 Å². The third kappa shape index (κ3) is 6.70. The Morgan fingerprint density at radius 2 is 2.15 bits per heavy atom. The monoisotopic (exact) mass is 317 g/mol. The molecule has 0 saturated carbocycles. The van der Waals surface area contributed by atoms with Gasteiger partial charge < -0.3 is 10.1 Å². The van der Waals surface area contributed by atoms with Gasteiger partial charge in [0.1, 0.15) is 5.82 Å². The SMILES string of the molecule is CCCC[C@@H](CCSC)Nc1nc(C)ncc1OC.S. The highest BCUT2D eigenvalue weighted by molar-refractivity contribution is 7.98. The number of ether oxygens (including phenoxy) is 1. The van der Waals surface area contributed by atoms with E-state index < -0.39 is 0 Å². The average molecular weight is 318 g/mol. The molecule has 4 nitrogen and oxygen atoms in total. The molecule has 20 heavy (non-hydrogen) atoms. The maximum absolute atomic E-state index is 5.32. The van der Waals surface area contributed by atoms with Crippen LogP contribution >= 0.6 is 25.3 Å². The number of nitrogens with one attached hydrogen (secondary N) is 1. The Hall–Kier alpha value is -0.620. The van der Waals surface area contributed by atoms with Crippen LogP contribution in [0, 0.1) is 6.92 Å². The quantitative estimate of drug-likeness (QED) is 0.753. The summed E-state index contributed by atoms with van der Waals surface area (Å²) < 4.78 is 5.32. The highest BCUT2D eigenvalue weighted by atomic mass is 32.2. The van der Waals surface area contributed by atoms with E-state index in [1.54, 1.807) is 13.3 Å². The molecular formula is C14H27N3OS2. The first kappa shape index (κ1) is 19.4. The fourth-order valence-corrected chi connectivity index (χ4v) is 2.42. The van der Waals surface area contributed by atoms with E-state index in [1.807, 2.05) is 18.7 Å². The molecule has 0 spiro atoms. The fraction of sp³-hybridized carbons (Fsp3) is 0.714. The van der Waals surface area contributed by atoms with E-state index in [9.17, 15) is 0 Å². The molecule has 6 heteroatoms. The van der Waals surface area contributed by atoms with Crippen molar-refractivity contribution in [2.75, 3.05) is 24.4 Å². The van der Waals surface area contributed by atoms with E-state index in [4.69, 9.17) is 4.74 Å². The van der Waals surface area contributed by atoms with Gasteiger partial charge >= 0.3 is 0 Å². The van der Waals surface area contributed by atoms with E-state index in [-0.39, 0.29) is 13.5 Å². The van der Waals surface area contributed by atoms with E-state index in [2.05, 4.69) is 28.5 Å². The molecule has 0 amide bonds. The first-order valence-corrected chi connectivity index (χ1v) is 8.23. The van der Waals surface area contributed by atoms with Gasteiger partial charge in [0.25, 0.3) is 0 Å². The number of thioether (sulfide) groups is 1. The van der Waals surface area contributed by atoms with Crippen LogP contribution in [-0.2, 0) is 0 Å². The van der Waals surface area contributed by atoms with E-state index in [0.717, 1.165) is 29.6 Å². The molecule has 1 N–H and O–H groups in total. The van der Waals surface area contributed by atoms with Gasteiger partial charge in [0.15, 0.2) is 11.6 Å². The standard InChI is InChI=1S/C14H25N3OS.H2S/c1-5-6-7-12(8-9-19-4)17-14-13(18-3)10-15-11(2)16-14;/h10,12H,5-9H2,1-4H3,(H,15,16,17);1H2/t12-;/m0./s1. The van der Waals surface area contributed by atoms with Crippen molar-refractivity contribution >= 4 is 31.1 Å². The van der Waals surface area contributed by atoms with Gasteiger partial charge in [-0.3, -0.25) is 0 Å². The summed E-state index contributed by atoms with van der Waals surface area (Å²) in [5.74, 6) is 3.46. The predicted molar refractivity (Wildman–Crippen MR) is 93.6 cm³/mol. The van der Waals surface area contributed by atoms with Crippen LogP contribution in [0.3, 0.4) is 0 Å². The second-order valence-corrected chi connectivity index (χ2v) is 5.58. The van der Waals surface area contributed by atoms with Crippen molar-refractivity contribution in [2.24, 2.45) is 0 Å². The zero-order valence-corrected chi connectivity index (χ0v) is 14.7. The fourth-order valence-electron chi connectivity index (χ4n) is 1.90. The summed E-state index contributed by atoms with van der Waals surface area (Å²) >= 11 is 1.88. The van der Waals surface area contributed by atoms with Crippen LogP contribution in [0.1, 0.15) is 38.4 Å². The maximum atomic E-state index is 5.32. The molecule has 1 atom stereocenters. The zero-order chi connectivity index (χ0) is 14.1. The Balaban J connectivity index is 0.00000361. The summed E-state index contributed by atoms with van der Waals surface area (Å²) in [7, 11) is 1.65. The van der Waals surface area contributed by atoms with E-state index in [0.29, 0.717) is 6.04 Å². The first-order valence-electron chi connectivity index (χ1n) is 6.84. The Morgan fingerprint density at radius 3 is 2.75 bits per heavy atom. The highest BCUT2D eigenvalue weighted by Gasteiger charge is 2.12. The van der Waals surface area contributed by atoms with Gasteiger partial charge in [-0.2, -0.15) is 25.3 Å². The van der Waals surface area contributed by atoms with Crippen molar-refractivity contribution < 1.29 is 4.74 Å². The normalized spacial score (nSPS) is 11.6. The van der Waals surface area contributed by atoms with Gasteiger partial charge in [-0.15, -0.1) is 0 Å². The number of anilines is 1. The van der Waals surface area contributed by atoms with Crippen molar-refractivity contribution in [3.8, 4) is 5.75 Å². The minimum atomic E-state index is 0. The number of aromatic nitrogens is 2. The van der Waals surface area contributed by atoms with Crippen LogP contribution in [0.5, 0.6) is 5.75 Å². The smallest absolute Gasteiger partial charge is 0.179 e. The summed E-state index contributed by atoms with van der Waals surface area (Å²) in [6.45, 7) is 4.12. The Bertz CT molecular complexity index is 369. The van der Waals surface area contributed by atoms with Crippen molar-refractivity contribution in [2.45, 2.75) is 45.6 Å². The summed E-state index contributed by atoms with van der Waals surface area (Å²) in [5, 5.41) is 3.52. The second kappa shape index (κ2) is 11.1. The lowest BCUT2D eigenvalue weighted by Gasteiger charge is -2.20. The zero-order valence-electron chi connectivity index (χ0n) is 12.9. The number of unbranched alkanes of at least 4 members (excludes halogenated alkanes) is 1. The lowest BCUT2D eigenvalue weighted by Crippen LogP contribution is -2.22. The molecule has 0 bridgehead atoms. The predicted octanol–water partition coefficient (Wildman–Crippen LogP) is 3.63. The largest absolute Gasteiger partial charge is 0.491 e. The van der Waals surface area contributed by atoms with Crippen LogP contribution in [0.2, 0.25) is 0 Å². The maximum Gasteiger partial charge on any atom is 0.179 e. The topological polar surface area (TPSA) is 47.0 Å². The number of hydrogen-bond acceptors (Lipinski definition) is 5. The minimum absolute atomic E-state index is 0. The van der Waals surface area contributed by atoms with Crippen molar-refractivity contribution in [1.82, 2.24) is 9.97 Å². The van der Waals surface area contributed by atoms with E-state index >= 15 is 0 Å². The molecular weight excluding hydrogens is 290 g/mol. The lowest BCUT2D eigenvalue weighted by atomic mass is 10.1. The summed E-state index contributed by atoms with van der Waals surface area (Å²) in [6, 6.07) is 0.454. The van der Waals surface area contributed by atoms with Crippen LogP contribution < -0.4 is 10.1 Å². The molecule has 0 fully saturated rings. The molecule has 0 aliphatic carbocycles. The molecule has 0 aliphatic rings. The molecule has 1 aromatic rings. The van der Waals surface area contributed by atoms with Crippen molar-refractivity contribution in [1.29, 1.82) is 0 Å². The van der Waals surface area contributed by atoms with Gasteiger partial charge in [0.2, 0.25) is 0 Å². The molecule has 1 aromatic heterocycles. The summed E-state index contributed by atoms with van der Waals surface area (Å²) in [6.07, 6.45) is 8.65. The highest BCUT2D eigenvalue weighted by Crippen LogP contribution is 2.23.